The van der Waals surface area contributed by atoms with Crippen LogP contribution in [0.4, 0.5) is 10.2 Å². The van der Waals surface area contributed by atoms with Crippen molar-refractivity contribution in [1.29, 1.82) is 0 Å². The van der Waals surface area contributed by atoms with Crippen molar-refractivity contribution < 1.29 is 14.3 Å². The van der Waals surface area contributed by atoms with Crippen molar-refractivity contribution in [2.45, 2.75) is 6.54 Å². The molecule has 1 aromatic rings. The Bertz CT molecular complexity index is 287. The van der Waals surface area contributed by atoms with E-state index in [1.165, 1.54) is 10.9 Å². The summed E-state index contributed by atoms with van der Waals surface area (Å²) in [6, 6.07) is 1.60. The number of nitrogens with one attached hydrogen (secondary N) is 1. The molecule has 0 radical (unpaired) electrons. The van der Waals surface area contributed by atoms with Gasteiger partial charge in [0.25, 0.3) is 0 Å². The molecule has 1 heterocycles. The van der Waals surface area contributed by atoms with Gasteiger partial charge in [0.2, 0.25) is 0 Å². The van der Waals surface area contributed by atoms with Crippen LogP contribution >= 0.6 is 0 Å². The number of anilines is 1. The van der Waals surface area contributed by atoms with Gasteiger partial charge in [-0.25, -0.2) is 9.07 Å². The molecule has 0 atom stereocenters. The third-order valence-electron chi connectivity index (χ3n) is 1.43. The molecule has 0 amide bonds. The number of aromatic nitrogens is 2. The molecule has 0 fully saturated rings. The van der Waals surface area contributed by atoms with Crippen molar-refractivity contribution in [2.75, 3.05) is 18.5 Å². The third kappa shape index (κ3) is 2.73. The van der Waals surface area contributed by atoms with E-state index in [1.54, 1.807) is 6.07 Å². The summed E-state index contributed by atoms with van der Waals surface area (Å²) < 4.78 is 13.3. The highest BCUT2D eigenvalue weighted by Crippen LogP contribution is 2.04. The van der Waals surface area contributed by atoms with E-state index in [1.807, 2.05) is 0 Å². The zero-order chi connectivity index (χ0) is 9.68. The maximum Gasteiger partial charge on any atom is 0.322 e. The first-order valence-corrected chi connectivity index (χ1v) is 3.77. The molecule has 6 heteroatoms. The summed E-state index contributed by atoms with van der Waals surface area (Å²) in [5.74, 6) is -0.451. The second-order valence-corrected chi connectivity index (χ2v) is 2.38. The van der Waals surface area contributed by atoms with Gasteiger partial charge in [-0.15, -0.1) is 0 Å². The molecule has 1 aromatic heterocycles. The van der Waals surface area contributed by atoms with Gasteiger partial charge in [0, 0.05) is 6.07 Å². The second-order valence-electron chi connectivity index (χ2n) is 2.38. The summed E-state index contributed by atoms with van der Waals surface area (Å²) in [6.07, 6.45) is 1.49. The van der Waals surface area contributed by atoms with E-state index in [0.717, 1.165) is 0 Å². The van der Waals surface area contributed by atoms with Crippen LogP contribution in [-0.2, 0) is 11.3 Å². The zero-order valence-electron chi connectivity index (χ0n) is 6.90. The predicted molar refractivity (Wildman–Crippen MR) is 44.3 cm³/mol. The maximum absolute atomic E-state index is 11.9. The highest BCUT2D eigenvalue weighted by atomic mass is 19.1. The first-order chi connectivity index (χ1) is 6.24. The molecule has 0 saturated heterocycles. The smallest absolute Gasteiger partial charge is 0.322 e. The number of aryl methyl sites for hydroxylation is 1. The van der Waals surface area contributed by atoms with Crippen molar-refractivity contribution in [3.05, 3.63) is 12.3 Å². The van der Waals surface area contributed by atoms with Crippen LogP contribution < -0.4 is 5.32 Å². The molecule has 0 saturated carbocycles. The Hall–Kier alpha value is -1.59. The fourth-order valence-corrected chi connectivity index (χ4v) is 0.907. The topological polar surface area (TPSA) is 67.2 Å². The molecular weight excluding hydrogens is 177 g/mol. The predicted octanol–water partition coefficient (Wildman–Crippen LogP) is 0.349. The van der Waals surface area contributed by atoms with E-state index in [0.29, 0.717) is 5.82 Å². The fraction of sp³-hybridized carbons (Fsp3) is 0.429. The number of nitrogens with zero attached hydrogens (tertiary/aromatic N) is 2. The van der Waals surface area contributed by atoms with Gasteiger partial charge in [-0.2, -0.15) is 5.10 Å². The number of hydrogen-bond acceptors (Lipinski definition) is 3. The number of alkyl halides is 1. The minimum absolute atomic E-state index is 0.134. The summed E-state index contributed by atoms with van der Waals surface area (Å²) in [5.41, 5.74) is 0. The first kappa shape index (κ1) is 9.50. The van der Waals surface area contributed by atoms with E-state index >= 15 is 0 Å². The second kappa shape index (κ2) is 4.44. The Morgan fingerprint density at radius 2 is 2.54 bits per heavy atom. The summed E-state index contributed by atoms with van der Waals surface area (Å²) in [5, 5.41) is 14.8. The third-order valence-corrected chi connectivity index (χ3v) is 1.43. The van der Waals surface area contributed by atoms with Crippen LogP contribution in [0, 0.1) is 0 Å². The van der Waals surface area contributed by atoms with Crippen LogP contribution in [0.2, 0.25) is 0 Å². The molecule has 0 aliphatic rings. The number of carbonyl (C=O) groups is 1. The lowest BCUT2D eigenvalue weighted by molar-refractivity contribution is -0.134. The van der Waals surface area contributed by atoms with Gasteiger partial charge in [-0.3, -0.25) is 4.79 Å². The molecular formula is C7H10FN3O2. The van der Waals surface area contributed by atoms with Crippen LogP contribution in [0.3, 0.4) is 0 Å². The molecule has 13 heavy (non-hydrogen) atoms. The molecule has 72 valence electrons. The van der Waals surface area contributed by atoms with E-state index in [-0.39, 0.29) is 13.1 Å². The van der Waals surface area contributed by atoms with Crippen molar-refractivity contribution in [1.82, 2.24) is 9.78 Å². The normalized spacial score (nSPS) is 9.92. The molecule has 2 N–H and O–H groups in total. The van der Waals surface area contributed by atoms with Gasteiger partial charge in [-0.05, 0) is 0 Å². The molecule has 5 nitrogen and oxygen atoms in total. The summed E-state index contributed by atoms with van der Waals surface area (Å²) in [4.78, 5) is 10.2. The number of carboxylic acid groups (broad SMARTS) is 1. The Labute approximate surface area is 74.2 Å². The van der Waals surface area contributed by atoms with Crippen molar-refractivity contribution in [3.63, 3.8) is 0 Å². The van der Waals surface area contributed by atoms with E-state index in [2.05, 4.69) is 10.4 Å². The summed E-state index contributed by atoms with van der Waals surface area (Å²) in [7, 11) is 0. The van der Waals surface area contributed by atoms with Crippen molar-refractivity contribution in [2.24, 2.45) is 0 Å². The maximum atomic E-state index is 11.9. The summed E-state index contributed by atoms with van der Waals surface area (Å²) in [6.45, 7) is -0.587. The van der Waals surface area contributed by atoms with Gasteiger partial charge in [0.05, 0.1) is 12.7 Å². The van der Waals surface area contributed by atoms with Gasteiger partial charge in [0.15, 0.2) is 0 Å². The molecule has 1 rings (SSSR count). The van der Waals surface area contributed by atoms with Crippen molar-refractivity contribution >= 4 is 11.8 Å². The monoisotopic (exact) mass is 187 g/mol. The fourth-order valence-electron chi connectivity index (χ4n) is 0.907. The van der Waals surface area contributed by atoms with E-state index in [4.69, 9.17) is 5.11 Å². The lowest BCUT2D eigenvalue weighted by Gasteiger charge is -2.05. The number of halogens is 1. The van der Waals surface area contributed by atoms with Crippen LogP contribution in [-0.4, -0.2) is 34.1 Å². The minimum atomic E-state index is -0.965. The quantitative estimate of drug-likeness (QED) is 0.698. The standard InChI is InChI=1S/C7H10FN3O2/c8-2-4-11-6(1-3-10-11)9-5-7(12)13/h1,3,9H,2,4-5H2,(H,12,13). The average molecular weight is 187 g/mol. The van der Waals surface area contributed by atoms with Gasteiger partial charge in [-0.1, -0.05) is 0 Å². The van der Waals surface area contributed by atoms with Crippen LogP contribution in [0.25, 0.3) is 0 Å². The first-order valence-electron chi connectivity index (χ1n) is 3.77. The molecule has 0 unspecified atom stereocenters. The summed E-state index contributed by atoms with van der Waals surface area (Å²) >= 11 is 0. The van der Waals surface area contributed by atoms with E-state index < -0.39 is 12.6 Å². The lowest BCUT2D eigenvalue weighted by Crippen LogP contribution is -2.16. The number of aliphatic carboxylic acids is 1. The molecule has 0 bridgehead atoms. The molecule has 0 aliphatic heterocycles. The van der Waals surface area contributed by atoms with Crippen molar-refractivity contribution in [3.8, 4) is 0 Å². The highest BCUT2D eigenvalue weighted by Gasteiger charge is 2.02. The molecule has 0 aromatic carbocycles. The van der Waals surface area contributed by atoms with E-state index in [9.17, 15) is 9.18 Å². The Kier molecular flexibility index (Phi) is 3.24. The van der Waals surface area contributed by atoms with Crippen LogP contribution in [0.15, 0.2) is 12.3 Å². The van der Waals surface area contributed by atoms with Gasteiger partial charge in [0.1, 0.15) is 19.0 Å². The SMILES string of the molecule is O=C(O)CNc1ccnn1CCF. The minimum Gasteiger partial charge on any atom is -0.480 e. The largest absolute Gasteiger partial charge is 0.480 e. The Morgan fingerprint density at radius 1 is 1.77 bits per heavy atom. The van der Waals surface area contributed by atoms with Gasteiger partial charge >= 0.3 is 5.97 Å². The Balaban J connectivity index is 2.54. The highest BCUT2D eigenvalue weighted by molar-refractivity contribution is 5.72. The molecule has 0 spiro atoms. The Morgan fingerprint density at radius 3 is 3.15 bits per heavy atom. The average Bonchev–Trinajstić information content (AvgIpc) is 2.49. The van der Waals surface area contributed by atoms with Gasteiger partial charge < -0.3 is 10.4 Å². The molecule has 0 aliphatic carbocycles. The number of hydrogen-bond donors (Lipinski definition) is 2. The zero-order valence-corrected chi connectivity index (χ0v) is 6.90. The van der Waals surface area contributed by atoms with Crippen LogP contribution in [0.5, 0.6) is 0 Å². The lowest BCUT2D eigenvalue weighted by atomic mass is 10.5. The number of rotatable bonds is 5. The number of carboxylic acids is 1. The van der Waals surface area contributed by atoms with Crippen LogP contribution in [0.1, 0.15) is 0 Å².